The SMILES string of the molecule is C=C(N)/C=C(\C=C/N)CN1CCC(C(=O)N2CCN(Cc3c(-c4c(Cl)cccc4Cl)noc3C)CC2)CC1. The lowest BCUT2D eigenvalue weighted by atomic mass is 9.94. The smallest absolute Gasteiger partial charge is 0.225 e. The molecule has 0 radical (unpaired) electrons. The Morgan fingerprint density at radius 3 is 2.39 bits per heavy atom. The van der Waals surface area contributed by atoms with Crippen LogP contribution in [0.1, 0.15) is 24.2 Å². The van der Waals surface area contributed by atoms with Crippen molar-refractivity contribution in [1.82, 2.24) is 19.9 Å². The molecule has 0 saturated carbocycles. The molecule has 2 saturated heterocycles. The molecule has 0 aliphatic carbocycles. The van der Waals surface area contributed by atoms with Gasteiger partial charge in [-0.2, -0.15) is 0 Å². The van der Waals surface area contributed by atoms with Crippen LogP contribution in [0.25, 0.3) is 11.3 Å². The van der Waals surface area contributed by atoms with E-state index < -0.39 is 0 Å². The molecule has 4 rings (SSSR count). The van der Waals surface area contributed by atoms with Gasteiger partial charge in [-0.15, -0.1) is 0 Å². The van der Waals surface area contributed by atoms with Crippen molar-refractivity contribution in [2.75, 3.05) is 45.8 Å². The lowest BCUT2D eigenvalue weighted by Crippen LogP contribution is -2.51. The van der Waals surface area contributed by atoms with Crippen molar-refractivity contribution in [3.8, 4) is 11.3 Å². The number of allylic oxidation sites excluding steroid dienone is 1. The van der Waals surface area contributed by atoms with E-state index >= 15 is 0 Å². The number of hydrogen-bond acceptors (Lipinski definition) is 7. The topological polar surface area (TPSA) is 105 Å². The average molecular weight is 560 g/mol. The highest BCUT2D eigenvalue weighted by Gasteiger charge is 2.31. The van der Waals surface area contributed by atoms with Gasteiger partial charge in [0.25, 0.3) is 0 Å². The normalized spacial score (nSPS) is 18.4. The summed E-state index contributed by atoms with van der Waals surface area (Å²) < 4.78 is 5.52. The number of piperidine rings is 1. The molecular formula is C28H36Cl2N6O2. The van der Waals surface area contributed by atoms with Crippen LogP contribution < -0.4 is 11.5 Å². The second kappa shape index (κ2) is 12.8. The Kier molecular flexibility index (Phi) is 9.54. The van der Waals surface area contributed by atoms with Crippen molar-refractivity contribution in [2.24, 2.45) is 17.4 Å². The fourth-order valence-electron chi connectivity index (χ4n) is 5.21. The predicted octanol–water partition coefficient (Wildman–Crippen LogP) is 4.18. The van der Waals surface area contributed by atoms with Gasteiger partial charge in [-0.05, 0) is 68.9 Å². The highest BCUT2D eigenvalue weighted by molar-refractivity contribution is 6.39. The minimum atomic E-state index is 0.0639. The van der Waals surface area contributed by atoms with E-state index in [4.69, 9.17) is 39.2 Å². The second-order valence-electron chi connectivity index (χ2n) is 9.97. The van der Waals surface area contributed by atoms with Gasteiger partial charge in [-0.25, -0.2) is 0 Å². The Morgan fingerprint density at radius 1 is 1.13 bits per heavy atom. The van der Waals surface area contributed by atoms with Crippen LogP contribution in [0.3, 0.4) is 0 Å². The number of benzene rings is 1. The zero-order valence-electron chi connectivity index (χ0n) is 21.8. The third kappa shape index (κ3) is 6.80. The Balaban J connectivity index is 1.30. The van der Waals surface area contributed by atoms with Gasteiger partial charge in [0.2, 0.25) is 5.91 Å². The van der Waals surface area contributed by atoms with E-state index in [0.717, 1.165) is 62.5 Å². The molecule has 2 fully saturated rings. The average Bonchev–Trinajstić information content (AvgIpc) is 3.23. The van der Waals surface area contributed by atoms with Crippen LogP contribution in [0.5, 0.6) is 0 Å². The van der Waals surface area contributed by atoms with Gasteiger partial charge in [-0.1, -0.05) is 41.0 Å². The standard InChI is InChI=1S/C28H36Cl2N6O2/c1-19(32)16-21(6-9-31)17-34-10-7-22(8-11-34)28(37)36-14-12-35(13-15-36)18-23-20(2)38-33-27(23)26-24(29)4-3-5-25(26)30/h3-6,9,16,22H,1,7-8,10-15,17-18,31-32H2,2H3/b9-6-,21-16+. The molecular weight excluding hydrogens is 523 g/mol. The third-order valence-corrected chi connectivity index (χ3v) is 7.90. The zero-order valence-corrected chi connectivity index (χ0v) is 23.3. The third-order valence-electron chi connectivity index (χ3n) is 7.27. The summed E-state index contributed by atoms with van der Waals surface area (Å²) in [5.41, 5.74) is 15.2. The Labute approximate surface area is 234 Å². The number of nitrogens with two attached hydrogens (primary N) is 2. The van der Waals surface area contributed by atoms with E-state index in [1.165, 1.54) is 6.20 Å². The van der Waals surface area contributed by atoms with Gasteiger partial charge in [0.05, 0.1) is 10.0 Å². The Bertz CT molecular complexity index is 1190. The van der Waals surface area contributed by atoms with Crippen molar-refractivity contribution in [2.45, 2.75) is 26.3 Å². The first-order valence-electron chi connectivity index (χ1n) is 12.9. The van der Waals surface area contributed by atoms with Gasteiger partial charge < -0.3 is 20.9 Å². The predicted molar refractivity (Wildman–Crippen MR) is 152 cm³/mol. The van der Waals surface area contributed by atoms with Crippen LogP contribution in [0.4, 0.5) is 0 Å². The molecule has 4 N–H and O–H groups in total. The van der Waals surface area contributed by atoms with Gasteiger partial charge >= 0.3 is 0 Å². The fraction of sp³-hybridized carbons (Fsp3) is 0.429. The summed E-state index contributed by atoms with van der Waals surface area (Å²) in [5.74, 6) is 1.08. The maximum absolute atomic E-state index is 13.3. The van der Waals surface area contributed by atoms with Crippen LogP contribution >= 0.6 is 23.2 Å². The number of carbonyl (C=O) groups excluding carboxylic acids is 1. The van der Waals surface area contributed by atoms with Crippen LogP contribution in [0.15, 0.2) is 58.9 Å². The van der Waals surface area contributed by atoms with Gasteiger partial charge in [-0.3, -0.25) is 14.6 Å². The molecule has 1 aromatic carbocycles. The van der Waals surface area contributed by atoms with Gasteiger partial charge in [0, 0.05) is 62.0 Å². The van der Waals surface area contributed by atoms with Crippen molar-refractivity contribution < 1.29 is 9.32 Å². The van der Waals surface area contributed by atoms with Crippen molar-refractivity contribution >= 4 is 29.1 Å². The molecule has 2 aliphatic heterocycles. The van der Waals surface area contributed by atoms with E-state index in [1.54, 1.807) is 12.1 Å². The number of hydrogen-bond donors (Lipinski definition) is 2. The number of aromatic nitrogens is 1. The molecule has 2 aliphatic rings. The number of aryl methyl sites for hydroxylation is 1. The van der Waals surface area contributed by atoms with E-state index in [2.05, 4.69) is 21.5 Å². The molecule has 0 spiro atoms. The van der Waals surface area contributed by atoms with Crippen molar-refractivity contribution in [3.63, 3.8) is 0 Å². The number of rotatable bonds is 8. The zero-order chi connectivity index (χ0) is 27.2. The number of halogens is 2. The lowest BCUT2D eigenvalue weighted by molar-refractivity contribution is -0.138. The summed E-state index contributed by atoms with van der Waals surface area (Å²) in [6.45, 7) is 11.8. The maximum atomic E-state index is 13.3. The van der Waals surface area contributed by atoms with Crippen LogP contribution in [0, 0.1) is 12.8 Å². The molecule has 0 unspecified atom stereocenters. The summed E-state index contributed by atoms with van der Waals surface area (Å²) in [6.07, 6.45) is 6.91. The Hall–Kier alpha value is -2.78. The number of piperazine rings is 1. The van der Waals surface area contributed by atoms with Crippen LogP contribution in [-0.4, -0.2) is 71.6 Å². The first kappa shape index (κ1) is 28.2. The van der Waals surface area contributed by atoms with E-state index in [1.807, 2.05) is 30.0 Å². The lowest BCUT2D eigenvalue weighted by Gasteiger charge is -2.38. The second-order valence-corrected chi connectivity index (χ2v) is 10.8. The van der Waals surface area contributed by atoms with Gasteiger partial charge in [0.1, 0.15) is 11.5 Å². The largest absolute Gasteiger partial charge is 0.405 e. The molecule has 3 heterocycles. The maximum Gasteiger partial charge on any atom is 0.225 e. The molecule has 0 bridgehead atoms. The van der Waals surface area contributed by atoms with Crippen LogP contribution in [-0.2, 0) is 11.3 Å². The number of carbonyl (C=O) groups is 1. The number of amides is 1. The van der Waals surface area contributed by atoms with Crippen molar-refractivity contribution in [3.05, 3.63) is 75.8 Å². The van der Waals surface area contributed by atoms with E-state index in [-0.39, 0.29) is 11.8 Å². The first-order chi connectivity index (χ1) is 18.3. The molecule has 10 heteroatoms. The summed E-state index contributed by atoms with van der Waals surface area (Å²) in [5, 5.41) is 5.35. The minimum Gasteiger partial charge on any atom is -0.405 e. The summed E-state index contributed by atoms with van der Waals surface area (Å²) in [6, 6.07) is 5.42. The number of nitrogens with zero attached hydrogens (tertiary/aromatic N) is 4. The van der Waals surface area contributed by atoms with Gasteiger partial charge in [0.15, 0.2) is 0 Å². The summed E-state index contributed by atoms with van der Waals surface area (Å²) >= 11 is 12.9. The van der Waals surface area contributed by atoms with E-state index in [9.17, 15) is 4.79 Å². The summed E-state index contributed by atoms with van der Waals surface area (Å²) in [4.78, 5) is 20.0. The first-order valence-corrected chi connectivity index (χ1v) is 13.7. The highest BCUT2D eigenvalue weighted by atomic mass is 35.5. The highest BCUT2D eigenvalue weighted by Crippen LogP contribution is 2.37. The Morgan fingerprint density at radius 2 is 1.79 bits per heavy atom. The van der Waals surface area contributed by atoms with E-state index in [0.29, 0.717) is 46.6 Å². The molecule has 1 amide bonds. The van der Waals surface area contributed by atoms with Crippen LogP contribution in [0.2, 0.25) is 10.0 Å². The minimum absolute atomic E-state index is 0.0639. The molecule has 38 heavy (non-hydrogen) atoms. The molecule has 204 valence electrons. The van der Waals surface area contributed by atoms with Crippen molar-refractivity contribution in [1.29, 1.82) is 0 Å². The molecule has 8 nitrogen and oxygen atoms in total. The summed E-state index contributed by atoms with van der Waals surface area (Å²) in [7, 11) is 0. The number of likely N-dealkylation sites (tertiary alicyclic amines) is 1. The monoisotopic (exact) mass is 558 g/mol. The fourth-order valence-corrected chi connectivity index (χ4v) is 5.79. The molecule has 0 atom stereocenters. The quantitative estimate of drug-likeness (QED) is 0.468. The molecule has 2 aromatic rings. The molecule has 1 aromatic heterocycles.